The molecule has 4 aromatic rings. The number of halogens is 1. The number of fused-ring (bicyclic) bond motifs is 1. The van der Waals surface area contributed by atoms with Crippen LogP contribution in [-0.4, -0.2) is 14.8 Å². The number of rotatable bonds is 4. The molecule has 0 spiro atoms. The van der Waals surface area contributed by atoms with Crippen LogP contribution in [0.1, 0.15) is 22.4 Å². The molecule has 0 saturated carbocycles. The standard InChI is InChI=1S/C22H20ClN3O/c1-14-12-20(27-13-17-8-5-4-6-9-17)24-22-21(14)16(3)25-26(22)19-11-7-10-18(23)15(19)2/h4-12H,13H2,1-3H3. The van der Waals surface area contributed by atoms with Gasteiger partial charge in [0.05, 0.1) is 11.4 Å². The Morgan fingerprint density at radius 2 is 1.78 bits per heavy atom. The van der Waals surface area contributed by atoms with Crippen molar-refractivity contribution >= 4 is 22.6 Å². The smallest absolute Gasteiger partial charge is 0.215 e. The number of hydrogen-bond donors (Lipinski definition) is 0. The maximum atomic E-state index is 6.32. The van der Waals surface area contributed by atoms with Crippen molar-refractivity contribution in [3.05, 3.63) is 82.0 Å². The van der Waals surface area contributed by atoms with Crippen LogP contribution in [0.5, 0.6) is 5.88 Å². The van der Waals surface area contributed by atoms with Crippen molar-refractivity contribution < 1.29 is 4.74 Å². The van der Waals surface area contributed by atoms with E-state index in [4.69, 9.17) is 26.4 Å². The lowest BCUT2D eigenvalue weighted by Gasteiger charge is -2.10. The molecule has 0 amide bonds. The lowest BCUT2D eigenvalue weighted by molar-refractivity contribution is 0.294. The highest BCUT2D eigenvalue weighted by molar-refractivity contribution is 6.31. The van der Waals surface area contributed by atoms with E-state index in [0.717, 1.165) is 39.1 Å². The molecule has 0 aliphatic carbocycles. The summed E-state index contributed by atoms with van der Waals surface area (Å²) < 4.78 is 7.81. The van der Waals surface area contributed by atoms with Gasteiger partial charge in [0.1, 0.15) is 6.61 Å². The minimum atomic E-state index is 0.474. The highest BCUT2D eigenvalue weighted by Crippen LogP contribution is 2.29. The summed E-state index contributed by atoms with van der Waals surface area (Å²) in [6.07, 6.45) is 0. The van der Waals surface area contributed by atoms with E-state index in [-0.39, 0.29) is 0 Å². The highest BCUT2D eigenvalue weighted by Gasteiger charge is 2.16. The van der Waals surface area contributed by atoms with Crippen LogP contribution in [0.2, 0.25) is 5.02 Å². The monoisotopic (exact) mass is 377 g/mol. The topological polar surface area (TPSA) is 39.9 Å². The lowest BCUT2D eigenvalue weighted by Crippen LogP contribution is -2.03. The van der Waals surface area contributed by atoms with Gasteiger partial charge in [0.2, 0.25) is 5.88 Å². The van der Waals surface area contributed by atoms with Gasteiger partial charge in [-0.05, 0) is 49.6 Å². The third-order valence-corrected chi connectivity index (χ3v) is 5.09. The third kappa shape index (κ3) is 3.28. The molecule has 2 aromatic heterocycles. The van der Waals surface area contributed by atoms with Crippen molar-refractivity contribution in [2.75, 3.05) is 0 Å². The van der Waals surface area contributed by atoms with E-state index in [2.05, 4.69) is 6.92 Å². The van der Waals surface area contributed by atoms with Gasteiger partial charge < -0.3 is 4.74 Å². The Hall–Kier alpha value is -2.85. The maximum absolute atomic E-state index is 6.32. The van der Waals surface area contributed by atoms with E-state index in [1.54, 1.807) is 0 Å². The molecule has 0 unspecified atom stereocenters. The first kappa shape index (κ1) is 17.6. The van der Waals surface area contributed by atoms with E-state index >= 15 is 0 Å². The molecule has 0 aliphatic rings. The fourth-order valence-corrected chi connectivity index (χ4v) is 3.44. The fraction of sp³-hybridized carbons (Fsp3) is 0.182. The Labute approximate surface area is 163 Å². The Bertz CT molecular complexity index is 1120. The highest BCUT2D eigenvalue weighted by atomic mass is 35.5. The molecular weight excluding hydrogens is 358 g/mol. The summed E-state index contributed by atoms with van der Waals surface area (Å²) in [4.78, 5) is 4.75. The fourth-order valence-electron chi connectivity index (χ4n) is 3.27. The minimum absolute atomic E-state index is 0.474. The second kappa shape index (κ2) is 7.05. The van der Waals surface area contributed by atoms with E-state index in [1.165, 1.54) is 0 Å². The summed E-state index contributed by atoms with van der Waals surface area (Å²) in [6.45, 7) is 6.52. The molecular formula is C22H20ClN3O. The van der Waals surface area contributed by atoms with Crippen LogP contribution in [0, 0.1) is 20.8 Å². The number of aryl methyl sites for hydroxylation is 2. The number of benzene rings is 2. The van der Waals surface area contributed by atoms with Crippen LogP contribution in [0.3, 0.4) is 0 Å². The van der Waals surface area contributed by atoms with Gasteiger partial charge in [0, 0.05) is 16.5 Å². The molecule has 0 fully saturated rings. The lowest BCUT2D eigenvalue weighted by atomic mass is 10.1. The Balaban J connectivity index is 1.79. The summed E-state index contributed by atoms with van der Waals surface area (Å²) in [5, 5.41) is 6.48. The van der Waals surface area contributed by atoms with Crippen LogP contribution in [0.25, 0.3) is 16.7 Å². The van der Waals surface area contributed by atoms with Crippen LogP contribution in [0.4, 0.5) is 0 Å². The largest absolute Gasteiger partial charge is 0.473 e. The zero-order chi connectivity index (χ0) is 19.0. The molecule has 27 heavy (non-hydrogen) atoms. The van der Waals surface area contributed by atoms with Gasteiger partial charge in [-0.1, -0.05) is 48.0 Å². The van der Waals surface area contributed by atoms with Crippen LogP contribution < -0.4 is 4.74 Å². The van der Waals surface area contributed by atoms with Crippen LogP contribution in [-0.2, 0) is 6.61 Å². The molecule has 0 saturated heterocycles. The van der Waals surface area contributed by atoms with E-state index in [0.29, 0.717) is 17.5 Å². The second-order valence-corrected chi connectivity index (χ2v) is 7.04. The predicted octanol–water partition coefficient (Wildman–Crippen LogP) is 5.58. The molecule has 4 rings (SSSR count). The van der Waals surface area contributed by atoms with Gasteiger partial charge in [-0.15, -0.1) is 0 Å². The van der Waals surface area contributed by atoms with Gasteiger partial charge >= 0.3 is 0 Å². The van der Waals surface area contributed by atoms with Crippen LogP contribution in [0.15, 0.2) is 54.6 Å². The zero-order valence-electron chi connectivity index (χ0n) is 15.5. The van der Waals surface area contributed by atoms with Crippen molar-refractivity contribution in [1.82, 2.24) is 14.8 Å². The quantitative estimate of drug-likeness (QED) is 0.466. The molecule has 0 N–H and O–H groups in total. The number of pyridine rings is 1. The first-order valence-corrected chi connectivity index (χ1v) is 9.21. The number of aromatic nitrogens is 3. The SMILES string of the molecule is Cc1c(Cl)cccc1-n1nc(C)c2c(C)cc(OCc3ccccc3)nc21. The van der Waals surface area contributed by atoms with Crippen molar-refractivity contribution in [2.45, 2.75) is 27.4 Å². The van der Waals surface area contributed by atoms with E-state index < -0.39 is 0 Å². The summed E-state index contributed by atoms with van der Waals surface area (Å²) in [5.74, 6) is 0.588. The zero-order valence-corrected chi connectivity index (χ0v) is 16.3. The first-order chi connectivity index (χ1) is 13.0. The molecule has 2 aromatic carbocycles. The van der Waals surface area contributed by atoms with Gasteiger partial charge in [-0.2, -0.15) is 10.1 Å². The minimum Gasteiger partial charge on any atom is -0.473 e. The van der Waals surface area contributed by atoms with Crippen molar-refractivity contribution in [2.24, 2.45) is 0 Å². The molecule has 0 atom stereocenters. The van der Waals surface area contributed by atoms with E-state index in [1.807, 2.05) is 73.1 Å². The molecule has 4 nitrogen and oxygen atoms in total. The Kier molecular flexibility index (Phi) is 4.58. The molecule has 5 heteroatoms. The number of nitrogens with zero attached hydrogens (tertiary/aromatic N) is 3. The average molecular weight is 378 g/mol. The second-order valence-electron chi connectivity index (χ2n) is 6.63. The summed E-state index contributed by atoms with van der Waals surface area (Å²) in [6, 6.07) is 17.8. The first-order valence-electron chi connectivity index (χ1n) is 8.84. The molecule has 136 valence electrons. The van der Waals surface area contributed by atoms with E-state index in [9.17, 15) is 0 Å². The Morgan fingerprint density at radius 3 is 2.56 bits per heavy atom. The third-order valence-electron chi connectivity index (χ3n) is 4.68. The average Bonchev–Trinajstić information content (AvgIpc) is 3.00. The summed E-state index contributed by atoms with van der Waals surface area (Å²) in [7, 11) is 0. The van der Waals surface area contributed by atoms with Crippen molar-refractivity contribution in [3.8, 4) is 11.6 Å². The molecule has 0 aliphatic heterocycles. The molecule has 0 radical (unpaired) electrons. The van der Waals surface area contributed by atoms with Gasteiger partial charge in [0.25, 0.3) is 0 Å². The van der Waals surface area contributed by atoms with Gasteiger partial charge in [0.15, 0.2) is 5.65 Å². The van der Waals surface area contributed by atoms with Crippen molar-refractivity contribution in [3.63, 3.8) is 0 Å². The number of hydrogen-bond acceptors (Lipinski definition) is 3. The molecule has 2 heterocycles. The summed E-state index contributed by atoms with van der Waals surface area (Å²) in [5.41, 5.74) is 5.80. The maximum Gasteiger partial charge on any atom is 0.215 e. The van der Waals surface area contributed by atoms with Crippen LogP contribution >= 0.6 is 11.6 Å². The summed E-state index contributed by atoms with van der Waals surface area (Å²) >= 11 is 6.32. The van der Waals surface area contributed by atoms with Gasteiger partial charge in [-0.3, -0.25) is 0 Å². The normalized spacial score (nSPS) is 11.1. The van der Waals surface area contributed by atoms with Gasteiger partial charge in [-0.25, -0.2) is 4.68 Å². The Morgan fingerprint density at radius 1 is 1.00 bits per heavy atom. The predicted molar refractivity (Wildman–Crippen MR) is 109 cm³/mol. The number of ether oxygens (including phenoxy) is 1. The molecule has 0 bridgehead atoms. The van der Waals surface area contributed by atoms with Crippen molar-refractivity contribution in [1.29, 1.82) is 0 Å².